The van der Waals surface area contributed by atoms with E-state index in [2.05, 4.69) is 5.32 Å². The van der Waals surface area contributed by atoms with Crippen LogP contribution in [0.15, 0.2) is 0 Å². The van der Waals surface area contributed by atoms with Crippen LogP contribution in [0.25, 0.3) is 0 Å². The number of carboxylic acids is 1. The summed E-state index contributed by atoms with van der Waals surface area (Å²) in [6.45, 7) is 4.67. The summed E-state index contributed by atoms with van der Waals surface area (Å²) in [4.78, 5) is 10.7. The zero-order valence-electron chi connectivity index (χ0n) is 10.5. The maximum atomic E-state index is 10.7. The maximum Gasteiger partial charge on any atom is 0.307 e. The molecule has 0 heterocycles. The lowest BCUT2D eigenvalue weighted by Crippen LogP contribution is -2.36. The second-order valence-corrected chi connectivity index (χ2v) is 5.16. The van der Waals surface area contributed by atoms with Crippen molar-refractivity contribution in [3.63, 3.8) is 0 Å². The number of hydrogen-bond acceptors (Lipinski definition) is 2. The van der Waals surface area contributed by atoms with E-state index in [1.807, 2.05) is 6.92 Å². The van der Waals surface area contributed by atoms with Crippen LogP contribution in [-0.4, -0.2) is 23.7 Å². The quantitative estimate of drug-likeness (QED) is 0.657. The summed E-state index contributed by atoms with van der Waals surface area (Å²) in [5.74, 6) is -0.0729. The number of rotatable bonds is 7. The second-order valence-electron chi connectivity index (χ2n) is 5.16. The van der Waals surface area contributed by atoms with Gasteiger partial charge in [0.1, 0.15) is 0 Å². The van der Waals surface area contributed by atoms with Crippen LogP contribution in [0, 0.1) is 11.8 Å². The van der Waals surface area contributed by atoms with Gasteiger partial charge in [-0.3, -0.25) is 4.79 Å². The monoisotopic (exact) mass is 227 g/mol. The highest BCUT2D eigenvalue weighted by molar-refractivity contribution is 5.70. The van der Waals surface area contributed by atoms with E-state index in [4.69, 9.17) is 5.11 Å². The molecule has 3 heteroatoms. The second kappa shape index (κ2) is 6.89. The van der Waals surface area contributed by atoms with Crippen molar-refractivity contribution >= 4 is 5.97 Å². The Hall–Kier alpha value is -0.570. The van der Waals surface area contributed by atoms with E-state index in [-0.39, 0.29) is 12.0 Å². The molecule has 1 aliphatic carbocycles. The van der Waals surface area contributed by atoms with Crippen molar-refractivity contribution in [2.75, 3.05) is 6.54 Å². The van der Waals surface area contributed by atoms with Crippen molar-refractivity contribution in [3.8, 4) is 0 Å². The van der Waals surface area contributed by atoms with E-state index in [0.29, 0.717) is 0 Å². The first-order valence-corrected chi connectivity index (χ1v) is 6.57. The summed E-state index contributed by atoms with van der Waals surface area (Å²) in [5, 5.41) is 12.1. The van der Waals surface area contributed by atoms with Crippen LogP contribution in [0.4, 0.5) is 0 Å². The number of carbonyl (C=O) groups is 1. The summed E-state index contributed by atoms with van der Waals surface area (Å²) in [5.41, 5.74) is 0. The van der Waals surface area contributed by atoms with Crippen LogP contribution < -0.4 is 5.32 Å². The molecule has 1 rings (SSSR count). The fourth-order valence-electron chi connectivity index (χ4n) is 2.41. The molecule has 2 unspecified atom stereocenters. The summed E-state index contributed by atoms with van der Waals surface area (Å²) in [6.07, 6.45) is 8.11. The van der Waals surface area contributed by atoms with Gasteiger partial charge >= 0.3 is 5.97 Å². The van der Waals surface area contributed by atoms with E-state index in [1.165, 1.54) is 38.5 Å². The molecule has 1 saturated carbocycles. The Morgan fingerprint density at radius 3 is 2.56 bits per heavy atom. The predicted molar refractivity (Wildman–Crippen MR) is 65.5 cm³/mol. The Balaban J connectivity index is 2.03. The van der Waals surface area contributed by atoms with Crippen LogP contribution in [0.5, 0.6) is 0 Å². The van der Waals surface area contributed by atoms with Crippen LogP contribution in [0.2, 0.25) is 0 Å². The molecule has 94 valence electrons. The van der Waals surface area contributed by atoms with E-state index < -0.39 is 5.97 Å². The highest BCUT2D eigenvalue weighted by Crippen LogP contribution is 2.28. The molecule has 0 aromatic rings. The van der Waals surface area contributed by atoms with Crippen LogP contribution in [-0.2, 0) is 4.79 Å². The normalized spacial score (nSPS) is 20.9. The zero-order valence-corrected chi connectivity index (χ0v) is 10.5. The molecular formula is C13H25NO2. The number of aliphatic carboxylic acids is 1. The summed E-state index contributed by atoms with van der Waals surface area (Å²) in [6, 6.07) is 0.0704. The zero-order chi connectivity index (χ0) is 12.0. The van der Waals surface area contributed by atoms with Crippen LogP contribution in [0.1, 0.15) is 52.4 Å². The van der Waals surface area contributed by atoms with Gasteiger partial charge in [-0.2, -0.15) is 0 Å². The lowest BCUT2D eigenvalue weighted by Gasteiger charge is -2.18. The van der Waals surface area contributed by atoms with Gasteiger partial charge in [0.25, 0.3) is 0 Å². The third-order valence-electron chi connectivity index (χ3n) is 3.87. The molecular weight excluding hydrogens is 202 g/mol. The Morgan fingerprint density at radius 2 is 2.00 bits per heavy atom. The summed E-state index contributed by atoms with van der Waals surface area (Å²) >= 11 is 0. The first kappa shape index (κ1) is 13.5. The van der Waals surface area contributed by atoms with Gasteiger partial charge in [-0.05, 0) is 32.2 Å². The first-order chi connectivity index (χ1) is 7.61. The molecule has 2 N–H and O–H groups in total. The molecule has 1 fully saturated rings. The van der Waals surface area contributed by atoms with Gasteiger partial charge in [0, 0.05) is 6.04 Å². The van der Waals surface area contributed by atoms with Gasteiger partial charge in [0.05, 0.1) is 5.92 Å². The SMILES string of the molecule is CC(NCCCC1CCCC1)C(C)C(=O)O. The summed E-state index contributed by atoms with van der Waals surface area (Å²) in [7, 11) is 0. The van der Waals surface area contributed by atoms with Gasteiger partial charge in [-0.25, -0.2) is 0 Å². The molecule has 0 aromatic heterocycles. The molecule has 0 saturated heterocycles. The lowest BCUT2D eigenvalue weighted by molar-refractivity contribution is -0.141. The standard InChI is InChI=1S/C13H25NO2/c1-10(13(15)16)11(2)14-9-5-8-12-6-3-4-7-12/h10-12,14H,3-9H2,1-2H3,(H,15,16). The summed E-state index contributed by atoms with van der Waals surface area (Å²) < 4.78 is 0. The molecule has 3 nitrogen and oxygen atoms in total. The van der Waals surface area contributed by atoms with Crippen molar-refractivity contribution in [1.82, 2.24) is 5.32 Å². The average molecular weight is 227 g/mol. The average Bonchev–Trinajstić information content (AvgIpc) is 2.75. The Kier molecular flexibility index (Phi) is 5.81. The Bertz CT molecular complexity index is 212. The highest BCUT2D eigenvalue weighted by Gasteiger charge is 2.19. The van der Waals surface area contributed by atoms with E-state index in [0.717, 1.165) is 12.5 Å². The predicted octanol–water partition coefficient (Wildman–Crippen LogP) is 2.66. The third-order valence-corrected chi connectivity index (χ3v) is 3.87. The van der Waals surface area contributed by atoms with Gasteiger partial charge in [0.15, 0.2) is 0 Å². The van der Waals surface area contributed by atoms with E-state index in [1.54, 1.807) is 6.92 Å². The van der Waals surface area contributed by atoms with E-state index >= 15 is 0 Å². The Morgan fingerprint density at radius 1 is 1.38 bits per heavy atom. The van der Waals surface area contributed by atoms with Crippen molar-refractivity contribution < 1.29 is 9.90 Å². The number of hydrogen-bond donors (Lipinski definition) is 2. The molecule has 1 aliphatic rings. The van der Waals surface area contributed by atoms with Gasteiger partial charge in [-0.15, -0.1) is 0 Å². The molecule has 0 aromatic carbocycles. The number of carboxylic acid groups (broad SMARTS) is 1. The van der Waals surface area contributed by atoms with Crippen molar-refractivity contribution in [3.05, 3.63) is 0 Å². The fraction of sp³-hybridized carbons (Fsp3) is 0.923. The molecule has 0 bridgehead atoms. The molecule has 2 atom stereocenters. The Labute approximate surface area is 98.6 Å². The molecule has 0 amide bonds. The number of nitrogens with one attached hydrogen (secondary N) is 1. The first-order valence-electron chi connectivity index (χ1n) is 6.57. The minimum Gasteiger partial charge on any atom is -0.481 e. The maximum absolute atomic E-state index is 10.7. The highest BCUT2D eigenvalue weighted by atomic mass is 16.4. The van der Waals surface area contributed by atoms with Crippen molar-refractivity contribution in [2.24, 2.45) is 11.8 Å². The van der Waals surface area contributed by atoms with E-state index in [9.17, 15) is 4.79 Å². The van der Waals surface area contributed by atoms with Crippen molar-refractivity contribution in [1.29, 1.82) is 0 Å². The van der Waals surface area contributed by atoms with Gasteiger partial charge < -0.3 is 10.4 Å². The largest absolute Gasteiger partial charge is 0.481 e. The molecule has 0 aliphatic heterocycles. The third kappa shape index (κ3) is 4.52. The smallest absolute Gasteiger partial charge is 0.307 e. The van der Waals surface area contributed by atoms with Crippen LogP contribution in [0.3, 0.4) is 0 Å². The molecule has 0 radical (unpaired) electrons. The van der Waals surface area contributed by atoms with Crippen molar-refractivity contribution in [2.45, 2.75) is 58.4 Å². The minimum absolute atomic E-state index is 0.0704. The fourth-order valence-corrected chi connectivity index (χ4v) is 2.41. The molecule has 0 spiro atoms. The minimum atomic E-state index is -0.712. The topological polar surface area (TPSA) is 49.3 Å². The molecule has 16 heavy (non-hydrogen) atoms. The van der Waals surface area contributed by atoms with Crippen LogP contribution >= 0.6 is 0 Å². The lowest BCUT2D eigenvalue weighted by atomic mass is 10.0. The van der Waals surface area contributed by atoms with Gasteiger partial charge in [-0.1, -0.05) is 32.6 Å². The van der Waals surface area contributed by atoms with Gasteiger partial charge in [0.2, 0.25) is 0 Å².